The molecule has 0 aromatic heterocycles. The minimum absolute atomic E-state index is 0.0715. The molecule has 0 N–H and O–H groups in total. The van der Waals surface area contributed by atoms with E-state index in [-0.39, 0.29) is 11.4 Å². The molecule has 1 heterocycles. The first-order chi connectivity index (χ1) is 9.13. The SMILES string of the molecule is COC1(CC(=O)c2cc(Cl)cc3c2OCC3)CCC1. The number of halogens is 1. The lowest BCUT2D eigenvalue weighted by atomic mass is 9.75. The highest BCUT2D eigenvalue weighted by Gasteiger charge is 2.40. The van der Waals surface area contributed by atoms with Crippen LogP contribution in [0.25, 0.3) is 0 Å². The van der Waals surface area contributed by atoms with Gasteiger partial charge >= 0.3 is 0 Å². The lowest BCUT2D eigenvalue weighted by molar-refractivity contribution is -0.0705. The molecular formula is C15H17ClO3. The Labute approximate surface area is 117 Å². The maximum atomic E-state index is 12.5. The van der Waals surface area contributed by atoms with Crippen molar-refractivity contribution < 1.29 is 14.3 Å². The van der Waals surface area contributed by atoms with Gasteiger partial charge < -0.3 is 9.47 Å². The largest absolute Gasteiger partial charge is 0.492 e. The molecule has 1 saturated carbocycles. The zero-order chi connectivity index (χ0) is 13.5. The Hall–Kier alpha value is -1.06. The highest BCUT2D eigenvalue weighted by Crippen LogP contribution is 2.41. The lowest BCUT2D eigenvalue weighted by Crippen LogP contribution is -2.41. The number of carbonyl (C=O) groups is 1. The van der Waals surface area contributed by atoms with Gasteiger partial charge in [-0.05, 0) is 37.0 Å². The third-order valence-corrected chi connectivity index (χ3v) is 4.45. The number of hydrogen-bond acceptors (Lipinski definition) is 3. The molecule has 0 bridgehead atoms. The summed E-state index contributed by atoms with van der Waals surface area (Å²) in [6, 6.07) is 3.60. The topological polar surface area (TPSA) is 35.5 Å². The van der Waals surface area contributed by atoms with E-state index in [1.54, 1.807) is 13.2 Å². The predicted octanol–water partition coefficient (Wildman–Crippen LogP) is 3.42. The first kappa shape index (κ1) is 12.9. The van der Waals surface area contributed by atoms with E-state index >= 15 is 0 Å². The van der Waals surface area contributed by atoms with Gasteiger partial charge in [0.25, 0.3) is 0 Å². The van der Waals surface area contributed by atoms with Crippen molar-refractivity contribution in [3.05, 3.63) is 28.3 Å². The van der Waals surface area contributed by atoms with Crippen molar-refractivity contribution in [2.75, 3.05) is 13.7 Å². The number of fused-ring (bicyclic) bond motifs is 1. The van der Waals surface area contributed by atoms with Crippen molar-refractivity contribution in [1.82, 2.24) is 0 Å². The number of carbonyl (C=O) groups excluding carboxylic acids is 1. The maximum absolute atomic E-state index is 12.5. The van der Waals surface area contributed by atoms with Crippen molar-refractivity contribution in [2.45, 2.75) is 37.7 Å². The summed E-state index contributed by atoms with van der Waals surface area (Å²) in [5, 5.41) is 0.604. The highest BCUT2D eigenvalue weighted by atomic mass is 35.5. The molecule has 4 heteroatoms. The van der Waals surface area contributed by atoms with Crippen LogP contribution in [-0.2, 0) is 11.2 Å². The van der Waals surface area contributed by atoms with Crippen LogP contribution < -0.4 is 4.74 Å². The first-order valence-corrected chi connectivity index (χ1v) is 7.05. The minimum atomic E-state index is -0.259. The summed E-state index contributed by atoms with van der Waals surface area (Å²) in [5.74, 6) is 0.794. The van der Waals surface area contributed by atoms with Crippen LogP contribution in [0.4, 0.5) is 0 Å². The Morgan fingerprint density at radius 3 is 2.89 bits per heavy atom. The third kappa shape index (κ3) is 2.26. The highest BCUT2D eigenvalue weighted by molar-refractivity contribution is 6.31. The van der Waals surface area contributed by atoms with Gasteiger partial charge in [0.1, 0.15) is 5.75 Å². The van der Waals surface area contributed by atoms with Crippen LogP contribution in [0.1, 0.15) is 41.6 Å². The number of benzene rings is 1. The van der Waals surface area contributed by atoms with E-state index in [9.17, 15) is 4.79 Å². The molecule has 0 saturated heterocycles. The summed E-state index contributed by atoms with van der Waals surface area (Å²) in [5.41, 5.74) is 1.39. The standard InChI is InChI=1S/C15H17ClO3/c1-18-15(4-2-5-15)9-13(17)12-8-11(16)7-10-3-6-19-14(10)12/h7-8H,2-6,9H2,1H3. The summed E-state index contributed by atoms with van der Waals surface area (Å²) >= 11 is 6.09. The molecule has 0 spiro atoms. The van der Waals surface area contributed by atoms with E-state index in [0.29, 0.717) is 23.6 Å². The molecular weight excluding hydrogens is 264 g/mol. The minimum Gasteiger partial charge on any atom is -0.492 e. The van der Waals surface area contributed by atoms with Gasteiger partial charge in [0, 0.05) is 25.0 Å². The lowest BCUT2D eigenvalue weighted by Gasteiger charge is -2.40. The first-order valence-electron chi connectivity index (χ1n) is 6.67. The van der Waals surface area contributed by atoms with Gasteiger partial charge in [0.2, 0.25) is 0 Å². The number of hydrogen-bond donors (Lipinski definition) is 0. The molecule has 1 aromatic rings. The van der Waals surface area contributed by atoms with Crippen LogP contribution in [0, 0.1) is 0 Å². The van der Waals surface area contributed by atoms with E-state index < -0.39 is 0 Å². The fourth-order valence-electron chi connectivity index (χ4n) is 2.89. The van der Waals surface area contributed by atoms with Gasteiger partial charge in [-0.1, -0.05) is 11.6 Å². The van der Waals surface area contributed by atoms with Gasteiger partial charge in [-0.15, -0.1) is 0 Å². The second-order valence-electron chi connectivity index (χ2n) is 5.38. The molecule has 0 amide bonds. The van der Waals surface area contributed by atoms with E-state index in [4.69, 9.17) is 21.1 Å². The Balaban J connectivity index is 1.88. The van der Waals surface area contributed by atoms with Gasteiger partial charge in [0.05, 0.1) is 17.8 Å². The van der Waals surface area contributed by atoms with Crippen molar-refractivity contribution in [3.63, 3.8) is 0 Å². The molecule has 102 valence electrons. The molecule has 0 unspecified atom stereocenters. The quantitative estimate of drug-likeness (QED) is 0.793. The Bertz CT molecular complexity index is 515. The van der Waals surface area contributed by atoms with Crippen LogP contribution in [0.3, 0.4) is 0 Å². The van der Waals surface area contributed by atoms with Crippen molar-refractivity contribution >= 4 is 17.4 Å². The fraction of sp³-hybridized carbons (Fsp3) is 0.533. The zero-order valence-electron chi connectivity index (χ0n) is 11.0. The van der Waals surface area contributed by atoms with Crippen LogP contribution in [0.5, 0.6) is 5.75 Å². The zero-order valence-corrected chi connectivity index (χ0v) is 11.8. The molecule has 3 rings (SSSR count). The molecule has 1 aromatic carbocycles. The van der Waals surface area contributed by atoms with Gasteiger partial charge in [0.15, 0.2) is 5.78 Å². The fourth-order valence-corrected chi connectivity index (χ4v) is 3.13. The van der Waals surface area contributed by atoms with Crippen LogP contribution >= 0.6 is 11.6 Å². The number of methoxy groups -OCH3 is 1. The average Bonchev–Trinajstić information content (AvgIpc) is 2.80. The second kappa shape index (κ2) is 4.80. The predicted molar refractivity (Wildman–Crippen MR) is 73.2 cm³/mol. The summed E-state index contributed by atoms with van der Waals surface area (Å²) in [6.45, 7) is 0.630. The van der Waals surface area contributed by atoms with Crippen molar-refractivity contribution in [1.29, 1.82) is 0 Å². The summed E-state index contributed by atoms with van der Waals surface area (Å²) in [7, 11) is 1.69. The second-order valence-corrected chi connectivity index (χ2v) is 5.82. The van der Waals surface area contributed by atoms with E-state index in [1.807, 2.05) is 6.07 Å². The van der Waals surface area contributed by atoms with Crippen molar-refractivity contribution in [3.8, 4) is 5.75 Å². The van der Waals surface area contributed by atoms with E-state index in [2.05, 4.69) is 0 Å². The Morgan fingerprint density at radius 1 is 1.47 bits per heavy atom. The van der Waals surface area contributed by atoms with Gasteiger partial charge in [-0.2, -0.15) is 0 Å². The summed E-state index contributed by atoms with van der Waals surface area (Å²) in [4.78, 5) is 12.5. The molecule has 1 aliphatic heterocycles. The molecule has 1 aliphatic carbocycles. The summed E-state index contributed by atoms with van der Waals surface area (Å²) in [6.07, 6.45) is 4.29. The number of rotatable bonds is 4. The van der Waals surface area contributed by atoms with Crippen molar-refractivity contribution in [2.24, 2.45) is 0 Å². The normalized spacial score (nSPS) is 19.5. The maximum Gasteiger partial charge on any atom is 0.169 e. The monoisotopic (exact) mass is 280 g/mol. The Morgan fingerprint density at radius 2 is 2.26 bits per heavy atom. The molecule has 19 heavy (non-hydrogen) atoms. The van der Waals surface area contributed by atoms with Crippen LogP contribution in [-0.4, -0.2) is 25.1 Å². The van der Waals surface area contributed by atoms with Crippen LogP contribution in [0.15, 0.2) is 12.1 Å². The molecule has 0 atom stereocenters. The van der Waals surface area contributed by atoms with Crippen LogP contribution in [0.2, 0.25) is 5.02 Å². The van der Waals surface area contributed by atoms with E-state index in [1.165, 1.54) is 0 Å². The van der Waals surface area contributed by atoms with Gasteiger partial charge in [-0.3, -0.25) is 4.79 Å². The average molecular weight is 281 g/mol. The molecule has 3 nitrogen and oxygen atoms in total. The smallest absolute Gasteiger partial charge is 0.169 e. The summed E-state index contributed by atoms with van der Waals surface area (Å²) < 4.78 is 11.1. The molecule has 0 radical (unpaired) electrons. The van der Waals surface area contributed by atoms with Gasteiger partial charge in [-0.25, -0.2) is 0 Å². The molecule has 2 aliphatic rings. The third-order valence-electron chi connectivity index (χ3n) is 4.23. The molecule has 1 fully saturated rings. The number of Topliss-reactive ketones (excluding diaryl/α,β-unsaturated/α-hetero) is 1. The number of ketones is 1. The Kier molecular flexibility index (Phi) is 3.27. The van der Waals surface area contributed by atoms with E-state index in [0.717, 1.165) is 37.0 Å². The number of ether oxygens (including phenoxy) is 2.